The highest BCUT2D eigenvalue weighted by Gasteiger charge is 2.22. The Morgan fingerprint density at radius 3 is 3.05 bits per heavy atom. The Labute approximate surface area is 127 Å². The lowest BCUT2D eigenvalue weighted by atomic mass is 9.94. The van der Waals surface area contributed by atoms with Crippen molar-refractivity contribution in [1.29, 1.82) is 0 Å². The number of hydrogen-bond acceptors (Lipinski definition) is 7. The molecule has 0 amide bonds. The van der Waals surface area contributed by atoms with Crippen molar-refractivity contribution in [2.24, 2.45) is 0 Å². The molecule has 2 heterocycles. The Hall–Kier alpha value is -1.89. The van der Waals surface area contributed by atoms with E-state index in [1.54, 1.807) is 0 Å². The van der Waals surface area contributed by atoms with Crippen molar-refractivity contribution in [2.75, 3.05) is 11.1 Å². The summed E-state index contributed by atoms with van der Waals surface area (Å²) in [5.74, 6) is 0.645. The normalized spacial score (nSPS) is 17.6. The highest BCUT2D eigenvalue weighted by molar-refractivity contribution is 7.10. The van der Waals surface area contributed by atoms with E-state index in [4.69, 9.17) is 10.5 Å². The third-order valence-electron chi connectivity index (χ3n) is 3.33. The Balaban J connectivity index is 1.81. The minimum atomic E-state index is -0.00203. The highest BCUT2D eigenvalue weighted by atomic mass is 32.1. The Morgan fingerprint density at radius 2 is 2.24 bits per heavy atom. The molecule has 0 spiro atoms. The van der Waals surface area contributed by atoms with Crippen molar-refractivity contribution in [1.82, 2.24) is 15.0 Å². The first-order chi connectivity index (χ1) is 10.1. The predicted octanol–water partition coefficient (Wildman–Crippen LogP) is 2.79. The number of fused-ring (bicyclic) bond motifs is 1. The van der Waals surface area contributed by atoms with E-state index in [1.165, 1.54) is 16.9 Å². The number of nitrogens with zero attached hydrogens (tertiary/aromatic N) is 3. The van der Waals surface area contributed by atoms with Gasteiger partial charge in [0.05, 0.1) is 12.1 Å². The van der Waals surface area contributed by atoms with Crippen LogP contribution in [0.25, 0.3) is 0 Å². The lowest BCUT2D eigenvalue weighted by molar-refractivity contribution is 0.222. The van der Waals surface area contributed by atoms with Gasteiger partial charge in [-0.05, 0) is 50.1 Å². The molecule has 1 atom stereocenters. The summed E-state index contributed by atoms with van der Waals surface area (Å²) in [7, 11) is 0. The molecule has 0 saturated carbocycles. The highest BCUT2D eigenvalue weighted by Crippen LogP contribution is 2.35. The van der Waals surface area contributed by atoms with Gasteiger partial charge in [-0.15, -0.1) is 11.3 Å². The number of hydrogen-bond donors (Lipinski definition) is 2. The number of aryl methyl sites for hydroxylation is 1. The van der Waals surface area contributed by atoms with Gasteiger partial charge < -0.3 is 15.8 Å². The van der Waals surface area contributed by atoms with E-state index >= 15 is 0 Å². The predicted molar refractivity (Wildman–Crippen MR) is 83.6 cm³/mol. The zero-order valence-corrected chi connectivity index (χ0v) is 13.0. The van der Waals surface area contributed by atoms with Crippen LogP contribution in [-0.4, -0.2) is 21.1 Å². The minimum absolute atomic E-state index is 0.00203. The number of nitrogen functional groups attached to an aromatic ring is 1. The number of anilines is 2. The molecule has 0 aromatic carbocycles. The number of nitrogens with two attached hydrogens (primary N) is 1. The molecule has 2 aromatic heterocycles. The molecule has 0 aliphatic heterocycles. The maximum absolute atomic E-state index is 5.73. The number of ether oxygens (including phenoxy) is 1. The summed E-state index contributed by atoms with van der Waals surface area (Å²) in [6, 6.07) is 2.67. The second-order valence-electron chi connectivity index (χ2n) is 5.35. The quantitative estimate of drug-likeness (QED) is 0.903. The third-order valence-corrected chi connectivity index (χ3v) is 4.33. The van der Waals surface area contributed by atoms with Crippen LogP contribution in [0.15, 0.2) is 11.4 Å². The smallest absolute Gasteiger partial charge is 0.323 e. The van der Waals surface area contributed by atoms with E-state index in [0.717, 1.165) is 12.8 Å². The van der Waals surface area contributed by atoms with Crippen LogP contribution in [0.1, 0.15) is 43.2 Å². The van der Waals surface area contributed by atoms with Gasteiger partial charge in [0.2, 0.25) is 11.9 Å². The molecule has 1 unspecified atom stereocenters. The van der Waals surface area contributed by atoms with Gasteiger partial charge in [0.1, 0.15) is 0 Å². The van der Waals surface area contributed by atoms with Crippen LogP contribution in [0.4, 0.5) is 11.9 Å². The molecule has 112 valence electrons. The summed E-state index contributed by atoms with van der Waals surface area (Å²) in [5.41, 5.74) is 7.08. The molecule has 3 rings (SSSR count). The SMILES string of the molecule is CC(C)Oc1nc(N)nc(NC2CCCc3sccc32)n1. The van der Waals surface area contributed by atoms with Crippen molar-refractivity contribution >= 4 is 23.2 Å². The van der Waals surface area contributed by atoms with Crippen molar-refractivity contribution in [3.05, 3.63) is 21.9 Å². The number of nitrogens with one attached hydrogen (secondary N) is 1. The molecule has 7 heteroatoms. The lowest BCUT2D eigenvalue weighted by Gasteiger charge is -2.23. The first kappa shape index (κ1) is 14.1. The van der Waals surface area contributed by atoms with Crippen LogP contribution < -0.4 is 15.8 Å². The Bertz CT molecular complexity index is 628. The first-order valence-electron chi connectivity index (χ1n) is 7.13. The van der Waals surface area contributed by atoms with E-state index in [1.807, 2.05) is 25.2 Å². The average molecular weight is 305 g/mol. The lowest BCUT2D eigenvalue weighted by Crippen LogP contribution is -2.18. The molecule has 1 aliphatic carbocycles. The summed E-state index contributed by atoms with van der Waals surface area (Å²) >= 11 is 1.81. The molecule has 0 bridgehead atoms. The largest absolute Gasteiger partial charge is 0.461 e. The van der Waals surface area contributed by atoms with Crippen molar-refractivity contribution in [3.63, 3.8) is 0 Å². The molecular weight excluding hydrogens is 286 g/mol. The molecule has 0 fully saturated rings. The molecule has 1 aliphatic rings. The number of rotatable bonds is 4. The maximum atomic E-state index is 5.73. The van der Waals surface area contributed by atoms with Crippen LogP contribution in [-0.2, 0) is 6.42 Å². The van der Waals surface area contributed by atoms with Crippen LogP contribution in [0.5, 0.6) is 6.01 Å². The topological polar surface area (TPSA) is 86.0 Å². The molecule has 6 nitrogen and oxygen atoms in total. The first-order valence-corrected chi connectivity index (χ1v) is 8.01. The number of thiophene rings is 1. The molecule has 2 aromatic rings. The molecule has 0 saturated heterocycles. The van der Waals surface area contributed by atoms with Crippen molar-refractivity contribution in [2.45, 2.75) is 45.3 Å². The van der Waals surface area contributed by atoms with E-state index < -0.39 is 0 Å². The molecule has 3 N–H and O–H groups in total. The zero-order valence-electron chi connectivity index (χ0n) is 12.2. The average Bonchev–Trinajstić information content (AvgIpc) is 2.86. The van der Waals surface area contributed by atoms with Crippen LogP contribution in [0, 0.1) is 0 Å². The monoisotopic (exact) mass is 305 g/mol. The summed E-state index contributed by atoms with van der Waals surface area (Å²) in [6.45, 7) is 3.84. The van der Waals surface area contributed by atoms with E-state index in [-0.39, 0.29) is 24.1 Å². The molecule has 0 radical (unpaired) electrons. The van der Waals surface area contributed by atoms with Gasteiger partial charge in [-0.1, -0.05) is 0 Å². The van der Waals surface area contributed by atoms with Crippen molar-refractivity contribution in [3.8, 4) is 6.01 Å². The molecular formula is C14H19N5OS. The van der Waals surface area contributed by atoms with Gasteiger partial charge in [-0.25, -0.2) is 0 Å². The van der Waals surface area contributed by atoms with Gasteiger partial charge in [0.15, 0.2) is 0 Å². The van der Waals surface area contributed by atoms with E-state index in [0.29, 0.717) is 5.95 Å². The second kappa shape index (κ2) is 5.85. The number of aromatic nitrogens is 3. The fourth-order valence-electron chi connectivity index (χ4n) is 2.49. The van der Waals surface area contributed by atoms with Gasteiger partial charge in [0.25, 0.3) is 0 Å². The van der Waals surface area contributed by atoms with Crippen LogP contribution >= 0.6 is 11.3 Å². The van der Waals surface area contributed by atoms with E-state index in [9.17, 15) is 0 Å². The fraction of sp³-hybridized carbons (Fsp3) is 0.500. The summed E-state index contributed by atoms with van der Waals surface area (Å²) < 4.78 is 5.50. The minimum Gasteiger partial charge on any atom is -0.461 e. The maximum Gasteiger partial charge on any atom is 0.323 e. The van der Waals surface area contributed by atoms with E-state index in [2.05, 4.69) is 31.7 Å². The van der Waals surface area contributed by atoms with Crippen molar-refractivity contribution < 1.29 is 4.74 Å². The van der Waals surface area contributed by atoms with Crippen LogP contribution in [0.2, 0.25) is 0 Å². The Kier molecular flexibility index (Phi) is 3.92. The van der Waals surface area contributed by atoms with Gasteiger partial charge in [-0.2, -0.15) is 15.0 Å². The standard InChI is InChI=1S/C14H19N5OS/c1-8(2)20-14-18-12(15)17-13(19-14)16-10-4-3-5-11-9(10)6-7-21-11/h6-8,10H,3-5H2,1-2H3,(H3,15,16,17,18,19). The second-order valence-corrected chi connectivity index (χ2v) is 6.36. The fourth-order valence-corrected chi connectivity index (χ4v) is 3.48. The van der Waals surface area contributed by atoms with Gasteiger partial charge in [-0.3, -0.25) is 0 Å². The summed E-state index contributed by atoms with van der Waals surface area (Å²) in [6.07, 6.45) is 3.39. The Morgan fingerprint density at radius 1 is 1.38 bits per heavy atom. The van der Waals surface area contributed by atoms with Crippen LogP contribution in [0.3, 0.4) is 0 Å². The summed E-state index contributed by atoms with van der Waals surface area (Å²) in [4.78, 5) is 13.9. The molecule has 21 heavy (non-hydrogen) atoms. The zero-order chi connectivity index (χ0) is 14.8. The summed E-state index contributed by atoms with van der Waals surface area (Å²) in [5, 5.41) is 5.50. The third kappa shape index (κ3) is 3.24. The van der Waals surface area contributed by atoms with Gasteiger partial charge in [0, 0.05) is 4.88 Å². The van der Waals surface area contributed by atoms with Gasteiger partial charge >= 0.3 is 6.01 Å².